The number of nitrogens with zero attached hydrogens (tertiary/aromatic N) is 2. The molecule has 0 bridgehead atoms. The predicted octanol–water partition coefficient (Wildman–Crippen LogP) is 7.57. The molecule has 2 fully saturated rings. The third-order valence-corrected chi connectivity index (χ3v) is 12.4. The standard InChI is InChI=1S/C33H36N2O8.C19H18N2O4/c1-32(2,3)43-30(37)34-19-33(20-34,42-21-36)35(17-22-14-15-23(39-4)16-29(22)40-5)31(38)41-18-28-26-12-8-6-10-24(26)25-11-7-9-13-27(25)28;22-12-25-19(10-20-11-19)21-18(23)24-9-17-15-7-3-1-5-13(15)14-6-2-4-8-16(14)17/h6-16,21,28H,17-20H2,1-5H3;1-8,12,17,20H,9-11H2,(H,21,23). The zero-order chi connectivity index (χ0) is 48.1. The Morgan fingerprint density at radius 1 is 0.706 bits per heavy atom. The van der Waals surface area contributed by atoms with E-state index in [-0.39, 0.29) is 51.2 Å². The molecule has 2 N–H and O–H groups in total. The second-order valence-corrected chi connectivity index (χ2v) is 17.8. The van der Waals surface area contributed by atoms with E-state index in [9.17, 15) is 24.0 Å². The van der Waals surface area contributed by atoms with Crippen molar-refractivity contribution in [3.8, 4) is 33.8 Å². The molecule has 0 spiro atoms. The Morgan fingerprint density at radius 2 is 1.21 bits per heavy atom. The summed E-state index contributed by atoms with van der Waals surface area (Å²) in [6, 6.07) is 37.6. The van der Waals surface area contributed by atoms with Gasteiger partial charge in [-0.05, 0) is 77.4 Å². The Kier molecular flexibility index (Phi) is 13.6. The van der Waals surface area contributed by atoms with Gasteiger partial charge in [0.2, 0.25) is 11.4 Å². The number of hydrogen-bond donors (Lipinski definition) is 2. The molecule has 0 radical (unpaired) electrons. The molecule has 68 heavy (non-hydrogen) atoms. The molecule has 354 valence electrons. The molecular formula is C52H54N4O12. The van der Waals surface area contributed by atoms with Crippen molar-refractivity contribution >= 4 is 31.2 Å². The highest BCUT2D eigenvalue weighted by molar-refractivity contribution is 5.80. The molecule has 2 aliphatic carbocycles. The Hall–Kier alpha value is -7.59. The molecule has 0 atom stereocenters. The van der Waals surface area contributed by atoms with Crippen LogP contribution in [0.2, 0.25) is 0 Å². The van der Waals surface area contributed by atoms with Crippen LogP contribution in [0.1, 0.15) is 60.4 Å². The SMILES string of the molecule is COc1ccc(CN(C(=O)OCC2c3ccccc3-c3ccccc32)C2(OC=O)CN(C(=O)OC(C)(C)C)C2)c(OC)c1.O=COC1(NC(=O)OCC2c3ccccc3-c3ccccc32)CNC1. The number of nitrogens with one attached hydrogen (secondary N) is 2. The maximum absolute atomic E-state index is 14.0. The van der Waals surface area contributed by atoms with Crippen LogP contribution in [0.25, 0.3) is 22.3 Å². The number of likely N-dealkylation sites (tertiary alicyclic amines) is 1. The van der Waals surface area contributed by atoms with Crippen molar-refractivity contribution in [2.75, 3.05) is 53.6 Å². The third kappa shape index (κ3) is 9.63. The van der Waals surface area contributed by atoms with E-state index in [1.807, 2.05) is 60.7 Å². The molecule has 9 rings (SSSR count). The average Bonchev–Trinajstić information content (AvgIpc) is 3.81. The minimum atomic E-state index is -1.48. The molecule has 16 heteroatoms. The highest BCUT2D eigenvalue weighted by Crippen LogP contribution is 2.46. The van der Waals surface area contributed by atoms with Crippen molar-refractivity contribution in [1.82, 2.24) is 20.4 Å². The number of methoxy groups -OCH3 is 2. The van der Waals surface area contributed by atoms with Crippen molar-refractivity contribution < 1.29 is 57.1 Å². The van der Waals surface area contributed by atoms with Gasteiger partial charge in [0.25, 0.3) is 12.9 Å². The lowest BCUT2D eigenvalue weighted by molar-refractivity contribution is -0.206. The van der Waals surface area contributed by atoms with Gasteiger partial charge in [0.05, 0.1) is 46.9 Å². The Bertz CT molecular complexity index is 2580. The predicted molar refractivity (Wildman–Crippen MR) is 249 cm³/mol. The Labute approximate surface area is 394 Å². The fourth-order valence-electron chi connectivity index (χ4n) is 9.07. The Balaban J connectivity index is 0.000000211. The maximum atomic E-state index is 14.0. The van der Waals surface area contributed by atoms with Gasteiger partial charge < -0.3 is 38.5 Å². The molecule has 2 aliphatic heterocycles. The highest BCUT2D eigenvalue weighted by atomic mass is 16.6. The number of fused-ring (bicyclic) bond motifs is 6. The fourth-order valence-corrected chi connectivity index (χ4v) is 9.07. The maximum Gasteiger partial charge on any atom is 0.413 e. The van der Waals surface area contributed by atoms with Crippen molar-refractivity contribution in [3.05, 3.63) is 143 Å². The highest BCUT2D eigenvalue weighted by Gasteiger charge is 2.56. The van der Waals surface area contributed by atoms with Gasteiger partial charge in [0.15, 0.2) is 0 Å². The summed E-state index contributed by atoms with van der Waals surface area (Å²) >= 11 is 0. The summed E-state index contributed by atoms with van der Waals surface area (Å²) in [4.78, 5) is 64.0. The molecule has 5 aromatic carbocycles. The van der Waals surface area contributed by atoms with Gasteiger partial charge in [0, 0.05) is 23.5 Å². The number of benzene rings is 5. The van der Waals surface area contributed by atoms with E-state index >= 15 is 0 Å². The minimum absolute atomic E-state index is 0.000560. The lowest BCUT2D eigenvalue weighted by Gasteiger charge is -2.52. The molecular weight excluding hydrogens is 873 g/mol. The first-order valence-electron chi connectivity index (χ1n) is 22.2. The number of carbonyl (C=O) groups excluding carboxylic acids is 5. The van der Waals surface area contributed by atoms with E-state index in [4.69, 9.17) is 33.2 Å². The summed E-state index contributed by atoms with van der Waals surface area (Å²) in [5.74, 6) is 0.879. The minimum Gasteiger partial charge on any atom is -0.497 e. The first kappa shape index (κ1) is 46.9. The number of carbonyl (C=O) groups is 5. The summed E-state index contributed by atoms with van der Waals surface area (Å²) in [6.07, 6.45) is -1.87. The molecule has 2 saturated heterocycles. The summed E-state index contributed by atoms with van der Waals surface area (Å²) < 4.78 is 38.3. The third-order valence-electron chi connectivity index (χ3n) is 12.4. The van der Waals surface area contributed by atoms with E-state index in [1.54, 1.807) is 46.1 Å². The van der Waals surface area contributed by atoms with Gasteiger partial charge in [0.1, 0.15) is 30.3 Å². The lowest BCUT2D eigenvalue weighted by atomic mass is 9.98. The zero-order valence-corrected chi connectivity index (χ0v) is 38.5. The number of rotatable bonds is 14. The van der Waals surface area contributed by atoms with Crippen LogP contribution >= 0.6 is 0 Å². The molecule has 0 unspecified atom stereocenters. The second-order valence-electron chi connectivity index (χ2n) is 17.8. The second kappa shape index (κ2) is 19.7. The summed E-state index contributed by atoms with van der Waals surface area (Å²) in [5, 5.41) is 5.59. The van der Waals surface area contributed by atoms with Gasteiger partial charge >= 0.3 is 18.3 Å². The quantitative estimate of drug-likeness (QED) is 0.0633. The van der Waals surface area contributed by atoms with Crippen LogP contribution in [0.5, 0.6) is 11.5 Å². The van der Waals surface area contributed by atoms with Gasteiger partial charge in [-0.25, -0.2) is 14.4 Å². The van der Waals surface area contributed by atoms with Gasteiger partial charge in [-0.2, -0.15) is 0 Å². The summed E-state index contributed by atoms with van der Waals surface area (Å²) in [5.41, 5.74) is 6.44. The van der Waals surface area contributed by atoms with Crippen LogP contribution in [0.4, 0.5) is 14.4 Å². The molecule has 3 amide bonds. The monoisotopic (exact) mass is 926 g/mol. The van der Waals surface area contributed by atoms with Crippen molar-refractivity contribution in [2.45, 2.75) is 56.2 Å². The first-order chi connectivity index (χ1) is 32.8. The number of amides is 3. The van der Waals surface area contributed by atoms with Crippen LogP contribution in [0.15, 0.2) is 115 Å². The largest absolute Gasteiger partial charge is 0.497 e. The van der Waals surface area contributed by atoms with Crippen LogP contribution < -0.4 is 20.1 Å². The van der Waals surface area contributed by atoms with Gasteiger partial charge in [-0.3, -0.25) is 24.7 Å². The lowest BCUT2D eigenvalue weighted by Crippen LogP contribution is -2.73. The molecule has 4 aliphatic rings. The van der Waals surface area contributed by atoms with E-state index in [2.05, 4.69) is 47.0 Å². The van der Waals surface area contributed by atoms with E-state index in [0.29, 0.717) is 36.6 Å². The normalized spacial score (nSPS) is 15.7. The summed E-state index contributed by atoms with van der Waals surface area (Å²) in [7, 11) is 3.06. The molecule has 0 aromatic heterocycles. The smallest absolute Gasteiger partial charge is 0.413 e. The van der Waals surface area contributed by atoms with E-state index in [1.165, 1.54) is 28.0 Å². The fraction of sp³-hybridized carbons (Fsp3) is 0.327. The Morgan fingerprint density at radius 3 is 1.65 bits per heavy atom. The number of ether oxygens (including phenoxy) is 7. The molecule has 5 aromatic rings. The van der Waals surface area contributed by atoms with E-state index in [0.717, 1.165) is 33.4 Å². The number of alkyl carbamates (subject to hydrolysis) is 1. The van der Waals surface area contributed by atoms with Gasteiger partial charge in [-0.15, -0.1) is 0 Å². The van der Waals surface area contributed by atoms with Crippen LogP contribution in [0, 0.1) is 0 Å². The van der Waals surface area contributed by atoms with Crippen molar-refractivity contribution in [1.29, 1.82) is 0 Å². The van der Waals surface area contributed by atoms with Crippen LogP contribution in [-0.2, 0) is 39.8 Å². The van der Waals surface area contributed by atoms with Gasteiger partial charge in [-0.1, -0.05) is 97.1 Å². The topological polar surface area (TPSA) is 180 Å². The molecule has 16 nitrogen and oxygen atoms in total. The van der Waals surface area contributed by atoms with Crippen molar-refractivity contribution in [2.24, 2.45) is 0 Å². The van der Waals surface area contributed by atoms with Crippen molar-refractivity contribution in [3.63, 3.8) is 0 Å². The zero-order valence-electron chi connectivity index (χ0n) is 38.5. The average molecular weight is 927 g/mol. The number of hydrogen-bond acceptors (Lipinski definition) is 13. The van der Waals surface area contributed by atoms with Crippen LogP contribution in [-0.4, -0.2) is 112 Å². The molecule has 2 heterocycles. The first-order valence-corrected chi connectivity index (χ1v) is 22.2. The molecule has 0 saturated carbocycles. The summed E-state index contributed by atoms with van der Waals surface area (Å²) in [6.45, 7) is 6.72. The van der Waals surface area contributed by atoms with Crippen LogP contribution in [0.3, 0.4) is 0 Å². The van der Waals surface area contributed by atoms with E-state index < -0.39 is 35.3 Å².